The summed E-state index contributed by atoms with van der Waals surface area (Å²) in [5, 5.41) is 4.26. The second kappa shape index (κ2) is 6.95. The minimum absolute atomic E-state index is 0.0972. The summed E-state index contributed by atoms with van der Waals surface area (Å²) in [6.07, 6.45) is 5.21. The van der Waals surface area contributed by atoms with E-state index in [0.717, 1.165) is 13.2 Å². The van der Waals surface area contributed by atoms with E-state index in [4.69, 9.17) is 4.74 Å². The van der Waals surface area contributed by atoms with Crippen molar-refractivity contribution < 1.29 is 9.53 Å². The molecule has 0 unspecified atom stereocenters. The number of nitrogens with zero attached hydrogens (tertiary/aromatic N) is 2. The zero-order valence-corrected chi connectivity index (χ0v) is 14.0. The molecule has 0 radical (unpaired) electrons. The Bertz CT molecular complexity index is 711. The highest BCUT2D eigenvalue weighted by Gasteiger charge is 2.32. The number of carbonyl (C=O) groups excluding carboxylic acids is 1. The third-order valence-corrected chi connectivity index (χ3v) is 5.25. The molecule has 3 heterocycles. The number of amides is 1. The average Bonchev–Trinajstić information content (AvgIpc) is 3.24. The minimum atomic E-state index is 0.0972. The Labute approximate surface area is 142 Å². The van der Waals surface area contributed by atoms with Gasteiger partial charge >= 0.3 is 0 Å². The van der Waals surface area contributed by atoms with E-state index in [9.17, 15) is 4.79 Å². The summed E-state index contributed by atoms with van der Waals surface area (Å²) in [4.78, 5) is 14.7. The van der Waals surface area contributed by atoms with Crippen LogP contribution in [-0.2, 0) is 16.1 Å². The van der Waals surface area contributed by atoms with Gasteiger partial charge in [-0.2, -0.15) is 0 Å². The Balaban J connectivity index is 1.24. The van der Waals surface area contributed by atoms with Crippen molar-refractivity contribution in [2.45, 2.75) is 38.0 Å². The number of rotatable bonds is 5. The number of carbonyl (C=O) groups is 1. The molecule has 1 aromatic carbocycles. The second-order valence-corrected chi connectivity index (χ2v) is 6.87. The van der Waals surface area contributed by atoms with Crippen LogP contribution in [-0.4, -0.2) is 53.8 Å². The molecule has 1 amide bonds. The number of nitrogens with one attached hydrogen (secondary N) is 1. The molecule has 4 rings (SSSR count). The molecule has 2 aromatic rings. The van der Waals surface area contributed by atoms with Gasteiger partial charge < -0.3 is 14.6 Å². The standard InChI is InChI=1S/C19H25N3O2/c23-19(8-11-21-10-7-15-4-1-2-6-18(15)21)20-12-17-13-22-9-3-5-16(22)14-24-17/h1-2,4,6-7,10,16-17H,3,5,8-9,11-14H2,(H,20,23)/t16-,17-/m1/s1. The summed E-state index contributed by atoms with van der Waals surface area (Å²) in [5.41, 5.74) is 1.18. The van der Waals surface area contributed by atoms with E-state index in [1.807, 2.05) is 12.1 Å². The van der Waals surface area contributed by atoms with Gasteiger partial charge in [0.25, 0.3) is 0 Å². The van der Waals surface area contributed by atoms with Crippen LogP contribution in [0, 0.1) is 0 Å². The lowest BCUT2D eigenvalue weighted by Crippen LogP contribution is -2.50. The molecule has 5 heteroatoms. The van der Waals surface area contributed by atoms with Gasteiger partial charge in [-0.25, -0.2) is 0 Å². The maximum Gasteiger partial charge on any atom is 0.221 e. The SMILES string of the molecule is O=C(CCn1ccc2ccccc21)NC[C@@H]1CN2CCC[C@@H]2CO1. The Morgan fingerprint density at radius 2 is 2.21 bits per heavy atom. The van der Waals surface area contributed by atoms with E-state index in [1.54, 1.807) is 0 Å². The molecule has 1 N–H and O–H groups in total. The van der Waals surface area contributed by atoms with Crippen LogP contribution in [0.1, 0.15) is 19.3 Å². The molecule has 0 aliphatic carbocycles. The number of ether oxygens (including phenoxy) is 1. The molecular formula is C19H25N3O2. The smallest absolute Gasteiger partial charge is 0.221 e. The molecule has 0 saturated carbocycles. The first-order valence-corrected chi connectivity index (χ1v) is 8.96. The fraction of sp³-hybridized carbons (Fsp3) is 0.526. The van der Waals surface area contributed by atoms with Crippen LogP contribution in [0.5, 0.6) is 0 Å². The van der Waals surface area contributed by atoms with Crippen LogP contribution in [0.15, 0.2) is 36.5 Å². The number of para-hydroxylation sites is 1. The number of aryl methyl sites for hydroxylation is 1. The first kappa shape index (κ1) is 15.7. The molecule has 2 aliphatic rings. The summed E-state index contributed by atoms with van der Waals surface area (Å²) in [5.74, 6) is 0.0972. The van der Waals surface area contributed by atoms with Gasteiger partial charge in [-0.1, -0.05) is 18.2 Å². The molecule has 24 heavy (non-hydrogen) atoms. The Morgan fingerprint density at radius 1 is 1.29 bits per heavy atom. The Hall–Kier alpha value is -1.85. The first-order chi connectivity index (χ1) is 11.8. The fourth-order valence-corrected chi connectivity index (χ4v) is 3.88. The van der Waals surface area contributed by atoms with E-state index in [2.05, 4.69) is 39.2 Å². The molecule has 0 bridgehead atoms. The minimum Gasteiger partial charge on any atom is -0.373 e. The predicted octanol–water partition coefficient (Wildman–Crippen LogP) is 2.01. The third kappa shape index (κ3) is 3.32. The van der Waals surface area contributed by atoms with Crippen molar-refractivity contribution in [2.75, 3.05) is 26.2 Å². The third-order valence-electron chi connectivity index (χ3n) is 5.25. The van der Waals surface area contributed by atoms with Crippen molar-refractivity contribution >= 4 is 16.8 Å². The van der Waals surface area contributed by atoms with Crippen molar-refractivity contribution in [2.24, 2.45) is 0 Å². The highest BCUT2D eigenvalue weighted by molar-refractivity contribution is 5.80. The molecule has 2 aliphatic heterocycles. The lowest BCUT2D eigenvalue weighted by Gasteiger charge is -2.35. The molecule has 0 spiro atoms. The molecular weight excluding hydrogens is 302 g/mol. The zero-order chi connectivity index (χ0) is 16.4. The van der Waals surface area contributed by atoms with Gasteiger partial charge in [0.1, 0.15) is 0 Å². The van der Waals surface area contributed by atoms with Crippen molar-refractivity contribution in [1.29, 1.82) is 0 Å². The van der Waals surface area contributed by atoms with Gasteiger partial charge in [0.05, 0.1) is 12.7 Å². The van der Waals surface area contributed by atoms with Crippen LogP contribution in [0.25, 0.3) is 10.9 Å². The maximum atomic E-state index is 12.2. The van der Waals surface area contributed by atoms with Gasteiger partial charge in [-0.15, -0.1) is 0 Å². The topological polar surface area (TPSA) is 46.5 Å². The van der Waals surface area contributed by atoms with Crippen LogP contribution in [0.4, 0.5) is 0 Å². The summed E-state index contributed by atoms with van der Waals surface area (Å²) in [7, 11) is 0. The van der Waals surface area contributed by atoms with Crippen LogP contribution < -0.4 is 5.32 Å². The van der Waals surface area contributed by atoms with Gasteiger partial charge in [0.2, 0.25) is 5.91 Å². The van der Waals surface area contributed by atoms with E-state index < -0.39 is 0 Å². The van der Waals surface area contributed by atoms with Gasteiger partial charge in [0.15, 0.2) is 0 Å². The summed E-state index contributed by atoms with van der Waals surface area (Å²) < 4.78 is 8.03. The molecule has 2 fully saturated rings. The van der Waals surface area contributed by atoms with Crippen molar-refractivity contribution in [3.63, 3.8) is 0 Å². The predicted molar refractivity (Wildman–Crippen MR) is 93.9 cm³/mol. The largest absolute Gasteiger partial charge is 0.373 e. The van der Waals surface area contributed by atoms with Crippen LogP contribution in [0.2, 0.25) is 0 Å². The number of morpholine rings is 1. The average molecular weight is 327 g/mol. The number of benzene rings is 1. The Kier molecular flexibility index (Phi) is 4.54. The van der Waals surface area contributed by atoms with Crippen LogP contribution >= 0.6 is 0 Å². The highest BCUT2D eigenvalue weighted by Crippen LogP contribution is 2.22. The monoisotopic (exact) mass is 327 g/mol. The normalized spacial score (nSPS) is 24.2. The summed E-state index contributed by atoms with van der Waals surface area (Å²) in [6, 6.07) is 11.0. The van der Waals surface area contributed by atoms with Gasteiger partial charge in [-0.3, -0.25) is 9.69 Å². The Morgan fingerprint density at radius 3 is 3.17 bits per heavy atom. The quantitative estimate of drug-likeness (QED) is 0.914. The van der Waals surface area contributed by atoms with E-state index in [-0.39, 0.29) is 12.0 Å². The molecule has 5 nitrogen and oxygen atoms in total. The molecule has 2 atom stereocenters. The van der Waals surface area contributed by atoms with Gasteiger partial charge in [-0.05, 0) is 36.9 Å². The van der Waals surface area contributed by atoms with Crippen molar-refractivity contribution in [1.82, 2.24) is 14.8 Å². The van der Waals surface area contributed by atoms with E-state index >= 15 is 0 Å². The van der Waals surface area contributed by atoms with Crippen LogP contribution in [0.3, 0.4) is 0 Å². The number of aromatic nitrogens is 1. The number of hydrogen-bond donors (Lipinski definition) is 1. The van der Waals surface area contributed by atoms with Crippen molar-refractivity contribution in [3.8, 4) is 0 Å². The number of hydrogen-bond acceptors (Lipinski definition) is 3. The lowest BCUT2D eigenvalue weighted by atomic mass is 10.2. The van der Waals surface area contributed by atoms with E-state index in [0.29, 0.717) is 25.6 Å². The first-order valence-electron chi connectivity index (χ1n) is 8.96. The number of fused-ring (bicyclic) bond motifs is 2. The fourth-order valence-electron chi connectivity index (χ4n) is 3.88. The molecule has 128 valence electrons. The van der Waals surface area contributed by atoms with E-state index in [1.165, 1.54) is 30.3 Å². The molecule has 1 aromatic heterocycles. The maximum absolute atomic E-state index is 12.2. The highest BCUT2D eigenvalue weighted by atomic mass is 16.5. The van der Waals surface area contributed by atoms with Gasteiger partial charge in [0, 0.05) is 43.8 Å². The summed E-state index contributed by atoms with van der Waals surface area (Å²) in [6.45, 7) is 4.27. The molecule has 2 saturated heterocycles. The second-order valence-electron chi connectivity index (χ2n) is 6.87. The zero-order valence-electron chi connectivity index (χ0n) is 14.0. The lowest BCUT2D eigenvalue weighted by molar-refractivity contribution is -0.122. The summed E-state index contributed by atoms with van der Waals surface area (Å²) >= 11 is 0. The van der Waals surface area contributed by atoms with Crippen molar-refractivity contribution in [3.05, 3.63) is 36.5 Å².